The second-order valence-corrected chi connectivity index (χ2v) is 6.74. The largest absolute Gasteiger partial charge is 0.370 e. The van der Waals surface area contributed by atoms with Crippen molar-refractivity contribution >= 4 is 28.2 Å². The maximum absolute atomic E-state index is 12.3. The molecule has 0 unspecified atom stereocenters. The van der Waals surface area contributed by atoms with Crippen molar-refractivity contribution in [3.63, 3.8) is 0 Å². The lowest BCUT2D eigenvalue weighted by Crippen LogP contribution is -2.18. The fraction of sp³-hybridized carbons (Fsp3) is 0.261. The van der Waals surface area contributed by atoms with Gasteiger partial charge in [-0.05, 0) is 34.7 Å². The maximum Gasteiger partial charge on any atom is 0.230 e. The van der Waals surface area contributed by atoms with Gasteiger partial charge in [0, 0.05) is 45.5 Å². The molecule has 3 aromatic rings. The van der Waals surface area contributed by atoms with E-state index in [-0.39, 0.29) is 13.8 Å². The first-order valence-electron chi connectivity index (χ1n) is 9.84. The minimum atomic E-state index is -0.106. The predicted molar refractivity (Wildman–Crippen MR) is 120 cm³/mol. The van der Waals surface area contributed by atoms with Gasteiger partial charge in [-0.25, -0.2) is 4.98 Å². The average molecular weight is 392 g/mol. The number of likely N-dealkylation sites (N-methyl/N-ethyl adjacent to an activating group) is 1. The maximum atomic E-state index is 12.3. The first-order valence-corrected chi connectivity index (χ1v) is 9.84. The number of benzene rings is 1. The van der Waals surface area contributed by atoms with E-state index in [0.717, 1.165) is 28.4 Å². The van der Waals surface area contributed by atoms with E-state index in [1.54, 1.807) is 17.1 Å². The van der Waals surface area contributed by atoms with Crippen molar-refractivity contribution in [3.05, 3.63) is 72.2 Å². The average Bonchev–Trinajstić information content (AvgIpc) is 3.13. The highest BCUT2D eigenvalue weighted by Crippen LogP contribution is 2.25. The summed E-state index contributed by atoms with van der Waals surface area (Å²) in [5.74, 6) is 0.449. The molecule has 1 amide bonds. The Morgan fingerprint density at radius 3 is 2.72 bits per heavy atom. The van der Waals surface area contributed by atoms with Crippen molar-refractivity contribution in [1.29, 1.82) is 0 Å². The van der Waals surface area contributed by atoms with Crippen molar-refractivity contribution in [2.75, 3.05) is 18.9 Å². The number of pyridine rings is 1. The van der Waals surface area contributed by atoms with E-state index in [1.165, 1.54) is 5.70 Å². The second kappa shape index (κ2) is 9.19. The van der Waals surface area contributed by atoms with E-state index < -0.39 is 0 Å². The molecule has 29 heavy (non-hydrogen) atoms. The number of carbonyl (C=O) groups excluding carboxylic acids is 1. The van der Waals surface area contributed by atoms with Gasteiger partial charge in [-0.3, -0.25) is 9.48 Å². The van der Waals surface area contributed by atoms with Crippen LogP contribution >= 0.6 is 0 Å². The fourth-order valence-corrected chi connectivity index (χ4v) is 3.22. The molecule has 3 heterocycles. The number of allylic oxidation sites excluding steroid dienone is 2. The lowest BCUT2D eigenvalue weighted by molar-refractivity contribution is -0.115. The summed E-state index contributed by atoms with van der Waals surface area (Å²) in [5.41, 5.74) is 3.20. The number of fused-ring (bicyclic) bond motifs is 1. The molecule has 1 aliphatic heterocycles. The number of rotatable bonds is 4. The Kier molecular flexibility index (Phi) is 6.44. The summed E-state index contributed by atoms with van der Waals surface area (Å²) >= 11 is 0. The molecule has 1 aliphatic rings. The van der Waals surface area contributed by atoms with Crippen LogP contribution in [0.15, 0.2) is 61.1 Å². The molecule has 0 aliphatic carbocycles. The van der Waals surface area contributed by atoms with Gasteiger partial charge in [0.2, 0.25) is 5.91 Å². The van der Waals surface area contributed by atoms with E-state index in [2.05, 4.69) is 63.8 Å². The zero-order valence-electron chi connectivity index (χ0n) is 17.4. The van der Waals surface area contributed by atoms with Crippen LogP contribution in [-0.2, 0) is 18.3 Å². The number of anilines is 1. The normalized spacial score (nSPS) is 13.0. The molecule has 152 valence electrons. The molecular formula is C23H29N5O. The molecule has 2 aromatic heterocycles. The van der Waals surface area contributed by atoms with Crippen molar-refractivity contribution in [2.24, 2.45) is 7.05 Å². The third-order valence-corrected chi connectivity index (χ3v) is 4.59. The van der Waals surface area contributed by atoms with Crippen LogP contribution in [0.3, 0.4) is 0 Å². The van der Waals surface area contributed by atoms with Gasteiger partial charge in [-0.2, -0.15) is 5.10 Å². The molecule has 0 radical (unpaired) electrons. The van der Waals surface area contributed by atoms with Crippen molar-refractivity contribution in [1.82, 2.24) is 19.7 Å². The first-order chi connectivity index (χ1) is 14.1. The molecule has 0 saturated heterocycles. The number of aryl methyl sites for hydroxylation is 1. The Morgan fingerprint density at radius 2 is 2.00 bits per heavy atom. The smallest absolute Gasteiger partial charge is 0.230 e. The number of nitrogens with zero attached hydrogens (tertiary/aromatic N) is 4. The molecule has 1 N–H and O–H groups in total. The number of nitrogens with one attached hydrogen (secondary N) is 1. The molecule has 6 nitrogen and oxygen atoms in total. The molecule has 0 saturated carbocycles. The lowest BCUT2D eigenvalue weighted by atomic mass is 10.0. The van der Waals surface area contributed by atoms with Gasteiger partial charge in [-0.15, -0.1) is 0 Å². The monoisotopic (exact) mass is 391 g/mol. The van der Waals surface area contributed by atoms with Gasteiger partial charge in [0.15, 0.2) is 0 Å². The molecule has 4 rings (SSSR count). The molecular weight excluding hydrogens is 362 g/mol. The molecule has 0 fully saturated rings. The standard InChI is InChI=1S/C21H21N5O.C2H6.H2/c1-25-8-4-3-5-19(25)16-6-7-17-13-22-20(11-18(17)10-16)24-21(27)9-15-12-23-26(2)14-15;1-2;/h3-7,10-14H,8-9H2,1-2H3,(H,22,24,27);1-2H3;1H. The Labute approximate surface area is 173 Å². The fourth-order valence-electron chi connectivity index (χ4n) is 3.22. The molecule has 0 atom stereocenters. The Bertz CT molecular complexity index is 1070. The van der Waals surface area contributed by atoms with Crippen LogP contribution in [0.2, 0.25) is 0 Å². The van der Waals surface area contributed by atoms with Gasteiger partial charge < -0.3 is 10.2 Å². The third-order valence-electron chi connectivity index (χ3n) is 4.59. The summed E-state index contributed by atoms with van der Waals surface area (Å²) in [4.78, 5) is 18.8. The molecule has 0 bridgehead atoms. The minimum Gasteiger partial charge on any atom is -0.370 e. The third kappa shape index (κ3) is 4.90. The van der Waals surface area contributed by atoms with Crippen LogP contribution < -0.4 is 5.32 Å². The van der Waals surface area contributed by atoms with Crippen LogP contribution in [0.4, 0.5) is 5.82 Å². The van der Waals surface area contributed by atoms with Crippen LogP contribution in [0.25, 0.3) is 16.5 Å². The van der Waals surface area contributed by atoms with Crippen LogP contribution in [0, 0.1) is 0 Å². The highest BCUT2D eigenvalue weighted by Gasteiger charge is 2.11. The predicted octanol–water partition coefficient (Wildman–Crippen LogP) is 4.26. The summed E-state index contributed by atoms with van der Waals surface area (Å²) in [6.07, 6.45) is 11.9. The summed E-state index contributed by atoms with van der Waals surface area (Å²) in [5, 5.41) is 9.05. The van der Waals surface area contributed by atoms with E-state index in [0.29, 0.717) is 5.82 Å². The number of hydrogen-bond acceptors (Lipinski definition) is 4. The zero-order valence-corrected chi connectivity index (χ0v) is 17.4. The van der Waals surface area contributed by atoms with E-state index in [1.807, 2.05) is 33.2 Å². The van der Waals surface area contributed by atoms with E-state index in [9.17, 15) is 4.79 Å². The Hall–Kier alpha value is -3.41. The number of hydrogen-bond donors (Lipinski definition) is 1. The highest BCUT2D eigenvalue weighted by molar-refractivity contribution is 5.94. The minimum absolute atomic E-state index is 0. The van der Waals surface area contributed by atoms with Gasteiger partial charge in [0.1, 0.15) is 5.82 Å². The zero-order chi connectivity index (χ0) is 20.8. The summed E-state index contributed by atoms with van der Waals surface area (Å²) in [6, 6.07) is 8.21. The number of amides is 1. The second-order valence-electron chi connectivity index (χ2n) is 6.74. The summed E-state index contributed by atoms with van der Waals surface area (Å²) < 4.78 is 1.69. The topological polar surface area (TPSA) is 63.1 Å². The van der Waals surface area contributed by atoms with Gasteiger partial charge in [0.25, 0.3) is 0 Å². The molecule has 1 aromatic carbocycles. The number of aromatic nitrogens is 3. The molecule has 0 spiro atoms. The van der Waals surface area contributed by atoms with Crippen molar-refractivity contribution < 1.29 is 6.22 Å². The van der Waals surface area contributed by atoms with Gasteiger partial charge in [-0.1, -0.05) is 38.1 Å². The quantitative estimate of drug-likeness (QED) is 0.722. The SMILES string of the molecule is CC.CN1CC=CC=C1c1ccc2cnc(NC(=O)Cc3cnn(C)c3)cc2c1.[HH]. The van der Waals surface area contributed by atoms with Crippen LogP contribution in [-0.4, -0.2) is 39.2 Å². The van der Waals surface area contributed by atoms with Gasteiger partial charge in [0.05, 0.1) is 12.6 Å². The van der Waals surface area contributed by atoms with Crippen molar-refractivity contribution in [3.8, 4) is 0 Å². The lowest BCUT2D eigenvalue weighted by Gasteiger charge is -2.24. The summed E-state index contributed by atoms with van der Waals surface area (Å²) in [6.45, 7) is 4.90. The Balaban J connectivity index is 0.00000104. The van der Waals surface area contributed by atoms with E-state index >= 15 is 0 Å². The summed E-state index contributed by atoms with van der Waals surface area (Å²) in [7, 11) is 3.91. The van der Waals surface area contributed by atoms with Crippen molar-refractivity contribution in [2.45, 2.75) is 20.3 Å². The number of carbonyl (C=O) groups is 1. The Morgan fingerprint density at radius 1 is 1.17 bits per heavy atom. The van der Waals surface area contributed by atoms with E-state index in [4.69, 9.17) is 0 Å². The first kappa shape index (κ1) is 20.3. The molecule has 6 heteroatoms. The van der Waals surface area contributed by atoms with Gasteiger partial charge >= 0.3 is 0 Å². The van der Waals surface area contributed by atoms with Crippen LogP contribution in [0.5, 0.6) is 0 Å². The highest BCUT2D eigenvalue weighted by atomic mass is 16.1. The van der Waals surface area contributed by atoms with Crippen LogP contribution in [0.1, 0.15) is 26.4 Å².